The zero-order chi connectivity index (χ0) is 18.9. The molecule has 0 amide bonds. The highest BCUT2D eigenvalue weighted by atomic mass is 32.2. The Morgan fingerprint density at radius 1 is 1.04 bits per heavy atom. The lowest BCUT2D eigenvalue weighted by Gasteiger charge is -2.13. The van der Waals surface area contributed by atoms with Crippen LogP contribution < -0.4 is 4.90 Å². The molecule has 0 atom stereocenters. The van der Waals surface area contributed by atoms with Gasteiger partial charge in [0, 0.05) is 12.6 Å². The number of allylic oxidation sites excluding steroid dienone is 1. The Hall–Kier alpha value is -3.42. The van der Waals surface area contributed by atoms with Crippen molar-refractivity contribution in [3.05, 3.63) is 65.2 Å². The van der Waals surface area contributed by atoms with E-state index in [1.807, 2.05) is 19.1 Å². The van der Waals surface area contributed by atoms with Crippen LogP contribution in [-0.2, 0) is 10.0 Å². The number of fused-ring (bicyclic) bond motifs is 1. The fraction of sp³-hybridized carbons (Fsp3) is 0.105. The number of rotatable bonds is 2. The summed E-state index contributed by atoms with van der Waals surface area (Å²) in [6, 6.07) is 17.1. The highest BCUT2D eigenvalue weighted by molar-refractivity contribution is 7.90. The van der Waals surface area contributed by atoms with Gasteiger partial charge in [-0.25, -0.2) is 0 Å². The summed E-state index contributed by atoms with van der Waals surface area (Å²) in [5, 5.41) is 18.6. The summed E-state index contributed by atoms with van der Waals surface area (Å²) in [5.41, 5.74) is 2.26. The minimum Gasteiger partial charge on any atom is -0.328 e. The third-order valence-corrected chi connectivity index (χ3v) is 5.36. The summed E-state index contributed by atoms with van der Waals surface area (Å²) < 4.78 is 29.4. The van der Waals surface area contributed by atoms with Gasteiger partial charge < -0.3 is 4.90 Å². The highest BCUT2D eigenvalue weighted by Crippen LogP contribution is 2.38. The first-order valence-electron chi connectivity index (χ1n) is 7.68. The second-order valence-electron chi connectivity index (χ2n) is 5.75. The molecule has 26 heavy (non-hydrogen) atoms. The Morgan fingerprint density at radius 3 is 2.27 bits per heavy atom. The van der Waals surface area contributed by atoms with Crippen molar-refractivity contribution in [2.75, 3.05) is 11.9 Å². The lowest BCUT2D eigenvalue weighted by atomic mass is 10.0. The van der Waals surface area contributed by atoms with Gasteiger partial charge in [-0.15, -0.1) is 4.40 Å². The van der Waals surface area contributed by atoms with Crippen molar-refractivity contribution in [3.63, 3.8) is 0 Å². The number of nitrogens with zero attached hydrogens (tertiary/aromatic N) is 4. The number of hydrogen-bond donors (Lipinski definition) is 0. The molecule has 1 aliphatic heterocycles. The number of hydrogen-bond acceptors (Lipinski definition) is 4. The number of likely N-dealkylation sites (N-methyl/N-ethyl adjacent to an activating group) is 1. The van der Waals surface area contributed by atoms with E-state index in [4.69, 9.17) is 0 Å². The molecule has 128 valence electrons. The number of para-hydroxylation sites is 1. The molecule has 1 aliphatic rings. The number of benzene rings is 2. The van der Waals surface area contributed by atoms with Crippen molar-refractivity contribution in [2.45, 2.75) is 11.8 Å². The van der Waals surface area contributed by atoms with Gasteiger partial charge in [-0.1, -0.05) is 35.9 Å². The quantitative estimate of drug-likeness (QED) is 0.765. The van der Waals surface area contributed by atoms with Crippen LogP contribution in [0.2, 0.25) is 0 Å². The molecule has 0 saturated carbocycles. The molecule has 0 aliphatic carbocycles. The number of amidine groups is 1. The van der Waals surface area contributed by atoms with Crippen LogP contribution in [0.25, 0.3) is 5.57 Å². The Kier molecular flexibility index (Phi) is 4.33. The molecule has 7 heteroatoms. The molecule has 6 nitrogen and oxygen atoms in total. The molecule has 2 aromatic carbocycles. The lowest BCUT2D eigenvalue weighted by molar-refractivity contribution is 0.598. The van der Waals surface area contributed by atoms with Gasteiger partial charge in [0.05, 0.1) is 16.2 Å². The van der Waals surface area contributed by atoms with E-state index >= 15 is 0 Å². The zero-order valence-corrected chi connectivity index (χ0v) is 14.9. The van der Waals surface area contributed by atoms with Gasteiger partial charge in [-0.2, -0.15) is 18.9 Å². The predicted octanol–water partition coefficient (Wildman–Crippen LogP) is 3.03. The Bertz CT molecular complexity index is 1120. The average Bonchev–Trinajstić information content (AvgIpc) is 2.89. The monoisotopic (exact) mass is 362 g/mol. The predicted molar refractivity (Wildman–Crippen MR) is 98.8 cm³/mol. The first-order chi connectivity index (χ1) is 12.4. The van der Waals surface area contributed by atoms with Crippen LogP contribution in [0.4, 0.5) is 5.69 Å². The van der Waals surface area contributed by atoms with Crippen LogP contribution >= 0.6 is 0 Å². The van der Waals surface area contributed by atoms with Crippen molar-refractivity contribution in [1.82, 2.24) is 0 Å². The van der Waals surface area contributed by atoms with Crippen LogP contribution in [0, 0.1) is 29.6 Å². The van der Waals surface area contributed by atoms with E-state index in [0.717, 1.165) is 5.56 Å². The minimum atomic E-state index is -4.00. The summed E-state index contributed by atoms with van der Waals surface area (Å²) in [6.07, 6.45) is 0. The Morgan fingerprint density at radius 2 is 1.65 bits per heavy atom. The van der Waals surface area contributed by atoms with Gasteiger partial charge in [0.15, 0.2) is 5.84 Å². The third kappa shape index (κ3) is 2.85. The minimum absolute atomic E-state index is 0.0507. The van der Waals surface area contributed by atoms with Gasteiger partial charge in [-0.3, -0.25) is 0 Å². The largest absolute Gasteiger partial charge is 0.328 e. The van der Waals surface area contributed by atoms with E-state index in [0.29, 0.717) is 11.3 Å². The maximum absolute atomic E-state index is 12.7. The average molecular weight is 362 g/mol. The van der Waals surface area contributed by atoms with Crippen molar-refractivity contribution < 1.29 is 8.42 Å². The fourth-order valence-electron chi connectivity index (χ4n) is 2.75. The second-order valence-corrected chi connectivity index (χ2v) is 7.36. The Labute approximate surface area is 152 Å². The van der Waals surface area contributed by atoms with Crippen molar-refractivity contribution in [1.29, 1.82) is 10.5 Å². The summed E-state index contributed by atoms with van der Waals surface area (Å²) in [5.74, 6) is 0.0601. The summed E-state index contributed by atoms with van der Waals surface area (Å²) in [4.78, 5) is 1.63. The highest BCUT2D eigenvalue weighted by Gasteiger charge is 2.32. The Balaban J connectivity index is 2.25. The normalized spacial score (nSPS) is 14.7. The van der Waals surface area contributed by atoms with Gasteiger partial charge >= 0.3 is 0 Å². The lowest BCUT2D eigenvalue weighted by Crippen LogP contribution is -2.23. The topological polar surface area (TPSA) is 97.3 Å². The molecule has 0 spiro atoms. The summed E-state index contributed by atoms with van der Waals surface area (Å²) in [7, 11) is -2.35. The molecule has 2 aromatic rings. The molecular weight excluding hydrogens is 348 g/mol. The molecule has 1 heterocycles. The standard InChI is InChI=1S/C19H14N4O2S/c1-13-7-9-15(10-8-13)26(24,25)22-19-18(14(11-20)12-21)16-5-3-4-6-17(16)23(19)2/h3-10H,1-2H3. The SMILES string of the molecule is Cc1ccc(S(=O)(=O)N=C2C(=C(C#N)C#N)c3ccccc3N2C)cc1. The number of aryl methyl sites for hydroxylation is 1. The van der Waals surface area contributed by atoms with Crippen LogP contribution in [0.1, 0.15) is 11.1 Å². The molecule has 0 fully saturated rings. The van der Waals surface area contributed by atoms with E-state index in [1.54, 1.807) is 48.3 Å². The number of sulfonamides is 1. The molecule has 3 rings (SSSR count). The van der Waals surface area contributed by atoms with Crippen LogP contribution in [0.15, 0.2) is 63.4 Å². The molecule has 0 N–H and O–H groups in total. The first-order valence-corrected chi connectivity index (χ1v) is 9.12. The molecule has 0 radical (unpaired) electrons. The van der Waals surface area contributed by atoms with Gasteiger partial charge in [0.1, 0.15) is 17.7 Å². The maximum atomic E-state index is 12.7. The van der Waals surface area contributed by atoms with Crippen LogP contribution in [0.3, 0.4) is 0 Å². The van der Waals surface area contributed by atoms with E-state index in [-0.39, 0.29) is 21.9 Å². The van der Waals surface area contributed by atoms with Crippen molar-refractivity contribution >= 4 is 27.1 Å². The summed E-state index contributed by atoms with van der Waals surface area (Å²) in [6.45, 7) is 1.86. The van der Waals surface area contributed by atoms with Crippen LogP contribution in [-0.4, -0.2) is 21.3 Å². The van der Waals surface area contributed by atoms with E-state index in [1.165, 1.54) is 12.1 Å². The molecule has 0 bridgehead atoms. The van der Waals surface area contributed by atoms with Gasteiger partial charge in [0.25, 0.3) is 10.0 Å². The summed E-state index contributed by atoms with van der Waals surface area (Å²) >= 11 is 0. The zero-order valence-electron chi connectivity index (χ0n) is 14.1. The first kappa shape index (κ1) is 17.4. The fourth-order valence-corrected chi connectivity index (χ4v) is 3.77. The molecule has 0 unspecified atom stereocenters. The van der Waals surface area contributed by atoms with Gasteiger partial charge in [0.2, 0.25) is 0 Å². The van der Waals surface area contributed by atoms with Gasteiger partial charge in [-0.05, 0) is 25.1 Å². The number of nitriles is 2. The number of anilines is 1. The van der Waals surface area contributed by atoms with E-state index in [2.05, 4.69) is 4.40 Å². The molecular formula is C19H14N4O2S. The maximum Gasteiger partial charge on any atom is 0.284 e. The van der Waals surface area contributed by atoms with Crippen molar-refractivity contribution in [3.8, 4) is 12.1 Å². The van der Waals surface area contributed by atoms with E-state index < -0.39 is 10.0 Å². The molecule has 0 saturated heterocycles. The second kappa shape index (κ2) is 6.47. The third-order valence-electron chi connectivity index (χ3n) is 4.08. The van der Waals surface area contributed by atoms with Crippen LogP contribution in [0.5, 0.6) is 0 Å². The molecule has 0 aromatic heterocycles. The van der Waals surface area contributed by atoms with E-state index in [9.17, 15) is 18.9 Å². The van der Waals surface area contributed by atoms with Crippen molar-refractivity contribution in [2.24, 2.45) is 4.40 Å². The smallest absolute Gasteiger partial charge is 0.284 e.